The molecule has 1 aliphatic heterocycles. The molecule has 0 aliphatic carbocycles. The molecule has 0 saturated carbocycles. The standard InChI is InChI=1S/C14H20N2O4S/c1-9(17)15-12(14(19)20)13(18)11-5-4-10(21-11)8-16-6-2-3-7-16/h4-5,12-13,18H,2-3,6-8H2,1H3,(H,15,17)(H,19,20). The molecule has 1 aliphatic rings. The van der Waals surface area contributed by atoms with Crippen LogP contribution in [0.1, 0.15) is 35.6 Å². The van der Waals surface area contributed by atoms with Crippen LogP contribution in [-0.4, -0.2) is 46.1 Å². The zero-order valence-electron chi connectivity index (χ0n) is 11.9. The second kappa shape index (κ2) is 7.02. The summed E-state index contributed by atoms with van der Waals surface area (Å²) in [6.45, 7) is 4.23. The third-order valence-corrected chi connectivity index (χ3v) is 4.63. The van der Waals surface area contributed by atoms with Gasteiger partial charge in [0.25, 0.3) is 0 Å². The lowest BCUT2D eigenvalue weighted by Gasteiger charge is -2.18. The third-order valence-electron chi connectivity index (χ3n) is 3.49. The first-order valence-electron chi connectivity index (χ1n) is 6.96. The zero-order chi connectivity index (χ0) is 15.4. The van der Waals surface area contributed by atoms with Crippen molar-refractivity contribution in [1.82, 2.24) is 10.2 Å². The Labute approximate surface area is 127 Å². The summed E-state index contributed by atoms with van der Waals surface area (Å²) in [7, 11) is 0. The number of hydrogen-bond acceptors (Lipinski definition) is 5. The van der Waals surface area contributed by atoms with Gasteiger partial charge in [-0.05, 0) is 38.1 Å². The Morgan fingerprint density at radius 3 is 2.62 bits per heavy atom. The van der Waals surface area contributed by atoms with E-state index in [-0.39, 0.29) is 0 Å². The van der Waals surface area contributed by atoms with Gasteiger partial charge in [0, 0.05) is 23.2 Å². The first kappa shape index (κ1) is 15.9. The van der Waals surface area contributed by atoms with E-state index in [9.17, 15) is 14.7 Å². The smallest absolute Gasteiger partial charge is 0.329 e. The number of aliphatic hydroxyl groups excluding tert-OH is 1. The molecule has 0 aromatic carbocycles. The van der Waals surface area contributed by atoms with Gasteiger partial charge >= 0.3 is 5.97 Å². The predicted molar refractivity (Wildman–Crippen MR) is 79.0 cm³/mol. The maximum Gasteiger partial charge on any atom is 0.329 e. The van der Waals surface area contributed by atoms with Crippen molar-refractivity contribution >= 4 is 23.2 Å². The Balaban J connectivity index is 2.03. The van der Waals surface area contributed by atoms with Crippen LogP contribution in [0.3, 0.4) is 0 Å². The summed E-state index contributed by atoms with van der Waals surface area (Å²) in [5.74, 6) is -1.72. The minimum absolute atomic E-state index is 0.477. The Morgan fingerprint density at radius 2 is 2.05 bits per heavy atom. The summed E-state index contributed by atoms with van der Waals surface area (Å²) in [4.78, 5) is 26.2. The molecule has 0 spiro atoms. The highest BCUT2D eigenvalue weighted by molar-refractivity contribution is 7.12. The molecule has 0 radical (unpaired) electrons. The van der Waals surface area contributed by atoms with E-state index in [1.807, 2.05) is 6.07 Å². The van der Waals surface area contributed by atoms with E-state index in [0.29, 0.717) is 4.88 Å². The van der Waals surface area contributed by atoms with E-state index in [4.69, 9.17) is 5.11 Å². The van der Waals surface area contributed by atoms with E-state index in [2.05, 4.69) is 10.2 Å². The number of nitrogens with one attached hydrogen (secondary N) is 1. The van der Waals surface area contributed by atoms with E-state index in [1.54, 1.807) is 6.07 Å². The van der Waals surface area contributed by atoms with Crippen LogP contribution >= 0.6 is 11.3 Å². The summed E-state index contributed by atoms with van der Waals surface area (Å²) in [5, 5.41) is 21.6. The van der Waals surface area contributed by atoms with Gasteiger partial charge in [-0.2, -0.15) is 0 Å². The van der Waals surface area contributed by atoms with Crippen molar-refractivity contribution in [1.29, 1.82) is 0 Å². The minimum Gasteiger partial charge on any atom is -0.480 e. The summed E-state index contributed by atoms with van der Waals surface area (Å²) < 4.78 is 0. The molecule has 1 aromatic rings. The Hall–Kier alpha value is -1.44. The van der Waals surface area contributed by atoms with Crippen LogP contribution in [0, 0.1) is 0 Å². The number of carbonyl (C=O) groups is 2. The number of carboxylic acids is 1. The number of aliphatic carboxylic acids is 1. The number of nitrogens with zero attached hydrogens (tertiary/aromatic N) is 1. The Morgan fingerprint density at radius 1 is 1.38 bits per heavy atom. The molecule has 0 bridgehead atoms. The van der Waals surface area contributed by atoms with E-state index < -0.39 is 24.0 Å². The maximum atomic E-state index is 11.2. The first-order chi connectivity index (χ1) is 9.97. The lowest BCUT2D eigenvalue weighted by Crippen LogP contribution is -2.43. The van der Waals surface area contributed by atoms with E-state index in [1.165, 1.54) is 31.1 Å². The van der Waals surface area contributed by atoms with Crippen molar-refractivity contribution in [2.45, 2.75) is 38.5 Å². The fourth-order valence-electron chi connectivity index (χ4n) is 2.46. The number of carboxylic acid groups (broad SMARTS) is 1. The largest absolute Gasteiger partial charge is 0.480 e. The molecule has 6 nitrogen and oxygen atoms in total. The average molecular weight is 312 g/mol. The van der Waals surface area contributed by atoms with Gasteiger partial charge in [0.1, 0.15) is 6.10 Å². The number of thiophene rings is 1. The molecule has 3 N–H and O–H groups in total. The van der Waals surface area contributed by atoms with Crippen LogP contribution in [0.15, 0.2) is 12.1 Å². The third kappa shape index (κ3) is 4.26. The second-order valence-electron chi connectivity index (χ2n) is 5.25. The lowest BCUT2D eigenvalue weighted by atomic mass is 10.1. The maximum absolute atomic E-state index is 11.2. The van der Waals surface area contributed by atoms with Crippen molar-refractivity contribution < 1.29 is 19.8 Å². The number of aliphatic hydroxyl groups is 1. The fraction of sp³-hybridized carbons (Fsp3) is 0.571. The molecule has 1 fully saturated rings. The van der Waals surface area contributed by atoms with Crippen LogP contribution in [0.25, 0.3) is 0 Å². The van der Waals surface area contributed by atoms with Gasteiger partial charge < -0.3 is 15.5 Å². The van der Waals surface area contributed by atoms with E-state index >= 15 is 0 Å². The van der Waals surface area contributed by atoms with Crippen molar-refractivity contribution in [2.75, 3.05) is 13.1 Å². The monoisotopic (exact) mass is 312 g/mol. The lowest BCUT2D eigenvalue weighted by molar-refractivity contribution is -0.144. The van der Waals surface area contributed by atoms with Gasteiger partial charge in [0.15, 0.2) is 6.04 Å². The van der Waals surface area contributed by atoms with Crippen molar-refractivity contribution in [3.63, 3.8) is 0 Å². The summed E-state index contributed by atoms with van der Waals surface area (Å²) >= 11 is 1.39. The van der Waals surface area contributed by atoms with Crippen molar-refractivity contribution in [2.24, 2.45) is 0 Å². The van der Waals surface area contributed by atoms with Crippen molar-refractivity contribution in [3.8, 4) is 0 Å². The number of amides is 1. The van der Waals surface area contributed by atoms with Gasteiger partial charge in [0.2, 0.25) is 5.91 Å². The molecular formula is C14H20N2O4S. The number of rotatable bonds is 6. The Bertz CT molecular complexity index is 511. The molecule has 1 aromatic heterocycles. The van der Waals surface area contributed by atoms with Crippen LogP contribution in [0.5, 0.6) is 0 Å². The molecule has 116 valence electrons. The first-order valence-corrected chi connectivity index (χ1v) is 7.78. The number of likely N-dealkylation sites (tertiary alicyclic amines) is 1. The molecule has 21 heavy (non-hydrogen) atoms. The summed E-state index contributed by atoms with van der Waals surface area (Å²) in [5.41, 5.74) is 0. The normalized spacial score (nSPS) is 18.4. The van der Waals surface area contributed by atoms with Crippen LogP contribution in [0.4, 0.5) is 0 Å². The minimum atomic E-state index is -1.32. The molecule has 2 atom stereocenters. The molecule has 7 heteroatoms. The number of hydrogen-bond donors (Lipinski definition) is 3. The molecule has 2 rings (SSSR count). The van der Waals surface area contributed by atoms with Crippen molar-refractivity contribution in [3.05, 3.63) is 21.9 Å². The quantitative estimate of drug-likeness (QED) is 0.728. The van der Waals surface area contributed by atoms with Gasteiger partial charge in [-0.15, -0.1) is 11.3 Å². The highest BCUT2D eigenvalue weighted by Crippen LogP contribution is 2.27. The van der Waals surface area contributed by atoms with Gasteiger partial charge in [-0.3, -0.25) is 9.69 Å². The van der Waals surface area contributed by atoms with Crippen LogP contribution < -0.4 is 5.32 Å². The number of carbonyl (C=O) groups excluding carboxylic acids is 1. The van der Waals surface area contributed by atoms with Gasteiger partial charge in [-0.25, -0.2) is 4.79 Å². The zero-order valence-corrected chi connectivity index (χ0v) is 12.7. The second-order valence-corrected chi connectivity index (χ2v) is 6.45. The highest BCUT2D eigenvalue weighted by atomic mass is 32.1. The summed E-state index contributed by atoms with van der Waals surface area (Å²) in [6, 6.07) is 2.33. The highest BCUT2D eigenvalue weighted by Gasteiger charge is 2.29. The predicted octanol–water partition coefficient (Wildman–Crippen LogP) is 0.967. The van der Waals surface area contributed by atoms with Gasteiger partial charge in [-0.1, -0.05) is 0 Å². The van der Waals surface area contributed by atoms with E-state index in [0.717, 1.165) is 24.5 Å². The molecule has 1 saturated heterocycles. The van der Waals surface area contributed by atoms with Crippen LogP contribution in [-0.2, 0) is 16.1 Å². The van der Waals surface area contributed by atoms with Crippen LogP contribution in [0.2, 0.25) is 0 Å². The summed E-state index contributed by atoms with van der Waals surface area (Å²) in [6.07, 6.45) is 1.19. The molecular weight excluding hydrogens is 292 g/mol. The average Bonchev–Trinajstić information content (AvgIpc) is 3.07. The Kier molecular flexibility index (Phi) is 5.33. The fourth-order valence-corrected chi connectivity index (χ4v) is 3.54. The topological polar surface area (TPSA) is 89.9 Å². The SMILES string of the molecule is CC(=O)NC(C(=O)O)C(O)c1ccc(CN2CCCC2)s1. The van der Waals surface area contributed by atoms with Gasteiger partial charge in [0.05, 0.1) is 0 Å². The molecule has 2 heterocycles. The molecule has 1 amide bonds. The molecule has 2 unspecified atom stereocenters.